The quantitative estimate of drug-likeness (QED) is 0.631. The summed E-state index contributed by atoms with van der Waals surface area (Å²) in [7, 11) is 1.69. The van der Waals surface area contributed by atoms with Gasteiger partial charge in [-0.05, 0) is 12.3 Å². The molecule has 0 aromatic heterocycles. The summed E-state index contributed by atoms with van der Waals surface area (Å²) in [5, 5.41) is 0. The van der Waals surface area contributed by atoms with Crippen LogP contribution in [0.2, 0.25) is 0 Å². The number of terminal acetylenes is 1. The third-order valence-corrected chi connectivity index (χ3v) is 1.97. The van der Waals surface area contributed by atoms with Crippen molar-refractivity contribution in [3.8, 4) is 12.3 Å². The second-order valence-electron chi connectivity index (χ2n) is 3.35. The third kappa shape index (κ3) is 3.75. The van der Waals surface area contributed by atoms with Gasteiger partial charge in [0.25, 0.3) is 0 Å². The number of nitrogens with two attached hydrogens (primary N) is 1. The number of hydrogen-bond acceptors (Lipinski definition) is 2. The molecule has 0 spiro atoms. The molecule has 2 nitrogen and oxygen atoms in total. The first kappa shape index (κ1) is 11.5. The molecule has 0 aliphatic heterocycles. The highest BCUT2D eigenvalue weighted by Crippen LogP contribution is 2.12. The smallest absolute Gasteiger partial charge is 0.0745 e. The lowest BCUT2D eigenvalue weighted by molar-refractivity contribution is 0.0423. The minimum atomic E-state index is 0.0612. The fourth-order valence-corrected chi connectivity index (χ4v) is 1.36. The maximum atomic E-state index is 5.89. The highest BCUT2D eigenvalue weighted by Gasteiger charge is 2.19. The second-order valence-corrected chi connectivity index (χ2v) is 3.35. The molecule has 0 saturated carbocycles. The summed E-state index contributed by atoms with van der Waals surface area (Å²) >= 11 is 0. The molecule has 0 amide bonds. The molecule has 0 rings (SSSR count). The zero-order valence-corrected chi connectivity index (χ0v) is 8.21. The summed E-state index contributed by atoms with van der Waals surface area (Å²) in [6.45, 7) is 4.20. The van der Waals surface area contributed by atoms with Gasteiger partial charge in [-0.3, -0.25) is 0 Å². The van der Waals surface area contributed by atoms with Crippen LogP contribution in [0.1, 0.15) is 26.7 Å². The Hall–Kier alpha value is -0.520. The van der Waals surface area contributed by atoms with Crippen molar-refractivity contribution in [3.63, 3.8) is 0 Å². The van der Waals surface area contributed by atoms with Crippen LogP contribution >= 0.6 is 0 Å². The van der Waals surface area contributed by atoms with Gasteiger partial charge in [-0.1, -0.05) is 13.8 Å². The van der Waals surface area contributed by atoms with Gasteiger partial charge < -0.3 is 10.5 Å². The lowest BCUT2D eigenvalue weighted by Gasteiger charge is -2.25. The van der Waals surface area contributed by atoms with Crippen LogP contribution in [0.5, 0.6) is 0 Å². The first-order valence-corrected chi connectivity index (χ1v) is 4.35. The molecule has 12 heavy (non-hydrogen) atoms. The monoisotopic (exact) mass is 169 g/mol. The van der Waals surface area contributed by atoms with Crippen molar-refractivity contribution in [2.24, 2.45) is 11.7 Å². The van der Waals surface area contributed by atoms with Gasteiger partial charge in [-0.15, -0.1) is 12.3 Å². The first-order valence-electron chi connectivity index (χ1n) is 4.35. The van der Waals surface area contributed by atoms with Crippen LogP contribution in [0.3, 0.4) is 0 Å². The van der Waals surface area contributed by atoms with Crippen LogP contribution in [-0.2, 0) is 4.74 Å². The SMILES string of the molecule is C#CCCC(N)C(OC)C(C)C. The van der Waals surface area contributed by atoms with Crippen molar-refractivity contribution < 1.29 is 4.74 Å². The van der Waals surface area contributed by atoms with Crippen LogP contribution < -0.4 is 5.73 Å². The minimum absolute atomic E-state index is 0.0612. The van der Waals surface area contributed by atoms with Gasteiger partial charge in [0, 0.05) is 19.6 Å². The predicted molar refractivity (Wildman–Crippen MR) is 51.7 cm³/mol. The summed E-state index contributed by atoms with van der Waals surface area (Å²) in [5.74, 6) is 3.03. The van der Waals surface area contributed by atoms with E-state index in [1.54, 1.807) is 7.11 Å². The van der Waals surface area contributed by atoms with E-state index in [1.165, 1.54) is 0 Å². The molecule has 0 heterocycles. The molecule has 0 radical (unpaired) electrons. The van der Waals surface area contributed by atoms with Gasteiger partial charge in [-0.25, -0.2) is 0 Å². The van der Waals surface area contributed by atoms with Crippen molar-refractivity contribution in [3.05, 3.63) is 0 Å². The van der Waals surface area contributed by atoms with Crippen LogP contribution in [0.25, 0.3) is 0 Å². The minimum Gasteiger partial charge on any atom is -0.380 e. The van der Waals surface area contributed by atoms with Crippen molar-refractivity contribution >= 4 is 0 Å². The lowest BCUT2D eigenvalue weighted by Crippen LogP contribution is -2.39. The fourth-order valence-electron chi connectivity index (χ4n) is 1.36. The molecule has 0 aliphatic carbocycles. The van der Waals surface area contributed by atoms with E-state index in [-0.39, 0.29) is 12.1 Å². The van der Waals surface area contributed by atoms with E-state index in [9.17, 15) is 0 Å². The first-order chi connectivity index (χ1) is 5.63. The van der Waals surface area contributed by atoms with Gasteiger partial charge in [0.1, 0.15) is 0 Å². The zero-order valence-electron chi connectivity index (χ0n) is 8.21. The molecule has 0 aliphatic rings. The number of rotatable bonds is 5. The zero-order chi connectivity index (χ0) is 9.56. The summed E-state index contributed by atoms with van der Waals surface area (Å²) in [5.41, 5.74) is 5.89. The summed E-state index contributed by atoms with van der Waals surface area (Å²) in [4.78, 5) is 0. The molecular formula is C10H19NO. The highest BCUT2D eigenvalue weighted by atomic mass is 16.5. The molecule has 2 atom stereocenters. The van der Waals surface area contributed by atoms with E-state index in [2.05, 4.69) is 19.8 Å². The van der Waals surface area contributed by atoms with Crippen LogP contribution in [0.4, 0.5) is 0 Å². The Balaban J connectivity index is 3.87. The Kier molecular flexibility index (Phi) is 5.79. The van der Waals surface area contributed by atoms with Gasteiger partial charge >= 0.3 is 0 Å². The number of hydrogen-bond donors (Lipinski definition) is 1. The average Bonchev–Trinajstić information content (AvgIpc) is 2.01. The summed E-state index contributed by atoms with van der Waals surface area (Å²) in [6, 6.07) is 0.0612. The van der Waals surface area contributed by atoms with E-state index in [0.717, 1.165) is 12.8 Å². The summed E-state index contributed by atoms with van der Waals surface area (Å²) in [6.07, 6.45) is 6.84. The van der Waals surface area contributed by atoms with Crippen molar-refractivity contribution in [1.82, 2.24) is 0 Å². The molecule has 2 N–H and O–H groups in total. The number of methoxy groups -OCH3 is 1. The topological polar surface area (TPSA) is 35.2 Å². The second kappa shape index (κ2) is 6.05. The lowest BCUT2D eigenvalue weighted by atomic mass is 9.97. The molecule has 0 saturated heterocycles. The van der Waals surface area contributed by atoms with Gasteiger partial charge in [-0.2, -0.15) is 0 Å². The molecule has 0 bridgehead atoms. The average molecular weight is 169 g/mol. The van der Waals surface area contributed by atoms with Crippen molar-refractivity contribution in [1.29, 1.82) is 0 Å². The molecule has 70 valence electrons. The van der Waals surface area contributed by atoms with E-state index in [1.807, 2.05) is 0 Å². The van der Waals surface area contributed by atoms with Crippen molar-refractivity contribution in [2.45, 2.75) is 38.8 Å². The number of ether oxygens (including phenoxy) is 1. The molecule has 0 aromatic rings. The van der Waals surface area contributed by atoms with Crippen molar-refractivity contribution in [2.75, 3.05) is 7.11 Å². The van der Waals surface area contributed by atoms with E-state index in [0.29, 0.717) is 5.92 Å². The van der Waals surface area contributed by atoms with Crippen LogP contribution in [0.15, 0.2) is 0 Å². The molecular weight excluding hydrogens is 150 g/mol. The van der Waals surface area contributed by atoms with Gasteiger partial charge in [0.15, 0.2) is 0 Å². The molecule has 2 unspecified atom stereocenters. The standard InChI is InChI=1S/C10H19NO/c1-5-6-7-9(11)10(12-4)8(2)3/h1,8-10H,6-7,11H2,2-4H3. The third-order valence-electron chi connectivity index (χ3n) is 1.97. The van der Waals surface area contributed by atoms with Gasteiger partial charge in [0.2, 0.25) is 0 Å². The van der Waals surface area contributed by atoms with E-state index in [4.69, 9.17) is 16.9 Å². The van der Waals surface area contributed by atoms with Crippen LogP contribution in [0, 0.1) is 18.3 Å². The summed E-state index contributed by atoms with van der Waals surface area (Å²) < 4.78 is 5.28. The van der Waals surface area contributed by atoms with Gasteiger partial charge in [0.05, 0.1) is 6.10 Å². The highest BCUT2D eigenvalue weighted by molar-refractivity contribution is 4.87. The largest absolute Gasteiger partial charge is 0.380 e. The fraction of sp³-hybridized carbons (Fsp3) is 0.800. The maximum Gasteiger partial charge on any atom is 0.0745 e. The Morgan fingerprint density at radius 2 is 2.08 bits per heavy atom. The Labute approximate surface area is 75.5 Å². The Bertz CT molecular complexity index is 148. The predicted octanol–water partition coefficient (Wildman–Crippen LogP) is 1.40. The van der Waals surface area contributed by atoms with Crippen LogP contribution in [-0.4, -0.2) is 19.3 Å². The maximum absolute atomic E-state index is 5.89. The Morgan fingerprint density at radius 3 is 2.42 bits per heavy atom. The molecule has 0 aromatic carbocycles. The van der Waals surface area contributed by atoms with E-state index < -0.39 is 0 Å². The molecule has 2 heteroatoms. The molecule has 0 fully saturated rings. The normalized spacial score (nSPS) is 15.7. The van der Waals surface area contributed by atoms with E-state index >= 15 is 0 Å². The Morgan fingerprint density at radius 1 is 1.50 bits per heavy atom.